The number of nitrogens with zero attached hydrogens (tertiary/aromatic N) is 4. The van der Waals surface area contributed by atoms with Gasteiger partial charge in [0.1, 0.15) is 0 Å². The Morgan fingerprint density at radius 3 is 2.63 bits per heavy atom. The van der Waals surface area contributed by atoms with E-state index >= 15 is 0 Å². The SMILES string of the molecule is O=C1CCCCCN1CC(=O)N1CCC[C@H]1c1ccc(C(=O)N2CCOCC2)cn1. The zero-order valence-electron chi connectivity index (χ0n) is 17.4. The Bertz CT molecular complexity index is 776. The van der Waals surface area contributed by atoms with Crippen molar-refractivity contribution in [1.29, 1.82) is 0 Å². The fraction of sp³-hybridized carbons (Fsp3) is 0.636. The van der Waals surface area contributed by atoms with Crippen LogP contribution in [0.15, 0.2) is 18.3 Å². The largest absolute Gasteiger partial charge is 0.378 e. The second kappa shape index (κ2) is 9.55. The number of morpholine rings is 1. The maximum atomic E-state index is 13.0. The van der Waals surface area contributed by atoms with Crippen LogP contribution in [0.3, 0.4) is 0 Å². The third kappa shape index (κ3) is 4.64. The van der Waals surface area contributed by atoms with Gasteiger partial charge in [-0.3, -0.25) is 19.4 Å². The van der Waals surface area contributed by atoms with E-state index < -0.39 is 0 Å². The molecule has 0 radical (unpaired) electrons. The third-order valence-corrected chi connectivity index (χ3v) is 6.24. The van der Waals surface area contributed by atoms with E-state index in [1.807, 2.05) is 11.0 Å². The van der Waals surface area contributed by atoms with Crippen molar-refractivity contribution >= 4 is 17.7 Å². The Morgan fingerprint density at radius 1 is 1.03 bits per heavy atom. The highest BCUT2D eigenvalue weighted by Crippen LogP contribution is 2.31. The summed E-state index contributed by atoms with van der Waals surface area (Å²) in [5, 5.41) is 0. The number of aromatic nitrogens is 1. The van der Waals surface area contributed by atoms with Gasteiger partial charge in [0.15, 0.2) is 0 Å². The zero-order valence-corrected chi connectivity index (χ0v) is 17.4. The number of rotatable bonds is 4. The number of likely N-dealkylation sites (tertiary alicyclic amines) is 2. The maximum absolute atomic E-state index is 13.0. The lowest BCUT2D eigenvalue weighted by Crippen LogP contribution is -2.42. The number of amides is 3. The molecule has 3 fully saturated rings. The van der Waals surface area contributed by atoms with Crippen LogP contribution >= 0.6 is 0 Å². The van der Waals surface area contributed by atoms with Crippen molar-refractivity contribution < 1.29 is 19.1 Å². The van der Waals surface area contributed by atoms with Gasteiger partial charge in [0, 0.05) is 38.8 Å². The predicted molar refractivity (Wildman–Crippen MR) is 110 cm³/mol. The van der Waals surface area contributed by atoms with Crippen LogP contribution < -0.4 is 0 Å². The van der Waals surface area contributed by atoms with Gasteiger partial charge in [0.25, 0.3) is 5.91 Å². The highest BCUT2D eigenvalue weighted by atomic mass is 16.5. The van der Waals surface area contributed by atoms with Gasteiger partial charge in [0.05, 0.1) is 37.1 Å². The molecule has 4 heterocycles. The molecular formula is C22H30N4O4. The molecular weight excluding hydrogens is 384 g/mol. The van der Waals surface area contributed by atoms with Gasteiger partial charge < -0.3 is 19.4 Å². The van der Waals surface area contributed by atoms with Gasteiger partial charge in [-0.05, 0) is 37.8 Å². The Labute approximate surface area is 177 Å². The van der Waals surface area contributed by atoms with Crippen LogP contribution in [-0.2, 0) is 14.3 Å². The van der Waals surface area contributed by atoms with Crippen LogP contribution in [-0.4, -0.2) is 83.3 Å². The van der Waals surface area contributed by atoms with Crippen LogP contribution in [0.2, 0.25) is 0 Å². The van der Waals surface area contributed by atoms with Crippen molar-refractivity contribution in [2.75, 3.05) is 45.9 Å². The highest BCUT2D eigenvalue weighted by molar-refractivity contribution is 5.94. The lowest BCUT2D eigenvalue weighted by Gasteiger charge is -2.28. The average Bonchev–Trinajstić information content (AvgIpc) is 3.19. The minimum atomic E-state index is -0.0906. The summed E-state index contributed by atoms with van der Waals surface area (Å²) in [5.41, 5.74) is 1.37. The molecule has 3 amide bonds. The maximum Gasteiger partial charge on any atom is 0.255 e. The van der Waals surface area contributed by atoms with E-state index in [-0.39, 0.29) is 30.3 Å². The van der Waals surface area contributed by atoms with Crippen LogP contribution in [0.4, 0.5) is 0 Å². The lowest BCUT2D eigenvalue weighted by atomic mass is 10.1. The van der Waals surface area contributed by atoms with Gasteiger partial charge >= 0.3 is 0 Å². The van der Waals surface area contributed by atoms with E-state index in [4.69, 9.17) is 4.74 Å². The topological polar surface area (TPSA) is 83.1 Å². The molecule has 0 aliphatic carbocycles. The lowest BCUT2D eigenvalue weighted by molar-refractivity contribution is -0.140. The van der Waals surface area contributed by atoms with Gasteiger partial charge in [0.2, 0.25) is 11.8 Å². The minimum absolute atomic E-state index is 0.0111. The summed E-state index contributed by atoms with van der Waals surface area (Å²) in [6, 6.07) is 3.58. The molecule has 8 heteroatoms. The molecule has 1 atom stereocenters. The first kappa shape index (κ1) is 20.8. The molecule has 1 aromatic heterocycles. The van der Waals surface area contributed by atoms with Crippen molar-refractivity contribution in [3.05, 3.63) is 29.6 Å². The molecule has 0 N–H and O–H groups in total. The zero-order chi connectivity index (χ0) is 20.9. The average molecular weight is 415 g/mol. The van der Waals surface area contributed by atoms with E-state index in [1.54, 1.807) is 22.1 Å². The minimum Gasteiger partial charge on any atom is -0.378 e. The molecule has 162 valence electrons. The summed E-state index contributed by atoms with van der Waals surface area (Å²) >= 11 is 0. The Kier molecular flexibility index (Phi) is 6.62. The molecule has 8 nitrogen and oxygen atoms in total. The molecule has 3 aliphatic heterocycles. The first-order valence-electron chi connectivity index (χ1n) is 11.0. The fourth-order valence-electron chi connectivity index (χ4n) is 4.51. The van der Waals surface area contributed by atoms with Crippen LogP contribution in [0, 0.1) is 0 Å². The normalized spacial score (nSPS) is 22.9. The van der Waals surface area contributed by atoms with Crippen LogP contribution in [0.1, 0.15) is 60.6 Å². The molecule has 3 aliphatic rings. The number of hydrogen-bond donors (Lipinski definition) is 0. The summed E-state index contributed by atoms with van der Waals surface area (Å²) in [4.78, 5) is 47.7. The summed E-state index contributed by atoms with van der Waals surface area (Å²) < 4.78 is 5.30. The second-order valence-corrected chi connectivity index (χ2v) is 8.25. The molecule has 30 heavy (non-hydrogen) atoms. The molecule has 0 saturated carbocycles. The van der Waals surface area contributed by atoms with Crippen molar-refractivity contribution in [3.63, 3.8) is 0 Å². The summed E-state index contributed by atoms with van der Waals surface area (Å²) in [6.45, 7) is 3.83. The van der Waals surface area contributed by atoms with Crippen molar-refractivity contribution in [3.8, 4) is 0 Å². The van der Waals surface area contributed by atoms with Gasteiger partial charge in [-0.1, -0.05) is 6.42 Å². The summed E-state index contributed by atoms with van der Waals surface area (Å²) in [5.74, 6) is 0.0418. The van der Waals surface area contributed by atoms with Gasteiger partial charge in [-0.25, -0.2) is 0 Å². The molecule has 0 unspecified atom stereocenters. The van der Waals surface area contributed by atoms with Crippen molar-refractivity contribution in [2.24, 2.45) is 0 Å². The van der Waals surface area contributed by atoms with E-state index in [2.05, 4.69) is 4.98 Å². The number of ether oxygens (including phenoxy) is 1. The highest BCUT2D eigenvalue weighted by Gasteiger charge is 2.32. The standard InChI is InChI=1S/C22H30N4O4/c27-20-6-2-1-3-9-25(20)16-21(28)26-10-4-5-19(26)18-8-7-17(15-23-18)22(29)24-11-13-30-14-12-24/h7-8,15,19H,1-6,9-14,16H2/t19-/m0/s1. The summed E-state index contributed by atoms with van der Waals surface area (Å²) in [6.07, 6.45) is 6.84. The van der Waals surface area contributed by atoms with Crippen molar-refractivity contribution in [1.82, 2.24) is 19.7 Å². The molecule has 4 rings (SSSR count). The number of pyridine rings is 1. The number of hydrogen-bond acceptors (Lipinski definition) is 5. The van der Waals surface area contributed by atoms with Crippen LogP contribution in [0.25, 0.3) is 0 Å². The number of carbonyl (C=O) groups excluding carboxylic acids is 3. The first-order chi connectivity index (χ1) is 14.6. The Balaban J connectivity index is 1.40. The second-order valence-electron chi connectivity index (χ2n) is 8.25. The van der Waals surface area contributed by atoms with Crippen LogP contribution in [0.5, 0.6) is 0 Å². The smallest absolute Gasteiger partial charge is 0.255 e. The quantitative estimate of drug-likeness (QED) is 0.748. The summed E-state index contributed by atoms with van der Waals surface area (Å²) in [7, 11) is 0. The molecule has 0 aromatic carbocycles. The van der Waals surface area contributed by atoms with E-state index in [0.29, 0.717) is 51.4 Å². The first-order valence-corrected chi connectivity index (χ1v) is 11.0. The third-order valence-electron chi connectivity index (χ3n) is 6.24. The predicted octanol–water partition coefficient (Wildman–Crippen LogP) is 1.62. The molecule has 0 spiro atoms. The monoisotopic (exact) mass is 414 g/mol. The van der Waals surface area contributed by atoms with E-state index in [1.165, 1.54) is 0 Å². The number of carbonyl (C=O) groups is 3. The molecule has 3 saturated heterocycles. The van der Waals surface area contributed by atoms with E-state index in [9.17, 15) is 14.4 Å². The Morgan fingerprint density at radius 2 is 1.87 bits per heavy atom. The van der Waals surface area contributed by atoms with Gasteiger partial charge in [-0.2, -0.15) is 0 Å². The molecule has 0 bridgehead atoms. The fourth-order valence-corrected chi connectivity index (χ4v) is 4.51. The van der Waals surface area contributed by atoms with Crippen molar-refractivity contribution in [2.45, 2.75) is 44.6 Å². The molecule has 1 aromatic rings. The van der Waals surface area contributed by atoms with Gasteiger partial charge in [-0.15, -0.1) is 0 Å². The Hall–Kier alpha value is -2.48. The van der Waals surface area contributed by atoms with E-state index in [0.717, 1.165) is 37.8 Å².